The second kappa shape index (κ2) is 6.81. The molecule has 1 saturated carbocycles. The number of nitrogens with zero attached hydrogens (tertiary/aromatic N) is 1. The molecule has 1 aliphatic carbocycles. The molecule has 8 heteroatoms. The zero-order chi connectivity index (χ0) is 19.1. The van der Waals surface area contributed by atoms with E-state index >= 15 is 0 Å². The summed E-state index contributed by atoms with van der Waals surface area (Å²) >= 11 is 0. The highest BCUT2D eigenvalue weighted by molar-refractivity contribution is 5.78. The molecule has 1 saturated heterocycles. The third-order valence-corrected chi connectivity index (χ3v) is 5.15. The third kappa shape index (κ3) is 3.94. The normalized spacial score (nSPS) is 24.4. The van der Waals surface area contributed by atoms with Crippen molar-refractivity contribution >= 4 is 12.0 Å². The van der Waals surface area contributed by atoms with E-state index < -0.39 is 43.1 Å². The van der Waals surface area contributed by atoms with Crippen molar-refractivity contribution in [2.24, 2.45) is 17.8 Å². The summed E-state index contributed by atoms with van der Waals surface area (Å²) in [4.78, 5) is 24.7. The van der Waals surface area contributed by atoms with Crippen LogP contribution in [0, 0.1) is 24.7 Å². The van der Waals surface area contributed by atoms with Crippen molar-refractivity contribution in [3.05, 3.63) is 35.4 Å². The van der Waals surface area contributed by atoms with Crippen LogP contribution in [-0.4, -0.2) is 41.3 Å². The highest BCUT2D eigenvalue weighted by atomic mass is 19.4. The molecule has 142 valence electrons. The van der Waals surface area contributed by atoms with E-state index in [1.54, 1.807) is 0 Å². The Labute approximate surface area is 149 Å². The molecule has 3 rings (SSSR count). The van der Waals surface area contributed by atoms with Gasteiger partial charge in [0.1, 0.15) is 0 Å². The molecule has 0 bridgehead atoms. The zero-order valence-corrected chi connectivity index (χ0v) is 14.3. The first kappa shape index (κ1) is 18.5. The quantitative estimate of drug-likeness (QED) is 0.854. The van der Waals surface area contributed by atoms with Crippen molar-refractivity contribution in [3.8, 4) is 0 Å². The van der Waals surface area contributed by atoms with Crippen LogP contribution in [0.25, 0.3) is 0 Å². The Morgan fingerprint density at radius 1 is 1.19 bits per heavy atom. The average molecular weight is 370 g/mol. The Morgan fingerprint density at radius 2 is 1.81 bits per heavy atom. The van der Waals surface area contributed by atoms with Gasteiger partial charge in [-0.3, -0.25) is 4.79 Å². The number of carbonyl (C=O) groups excluding carboxylic acids is 1. The molecule has 0 aromatic heterocycles. The van der Waals surface area contributed by atoms with Crippen molar-refractivity contribution in [2.45, 2.75) is 32.0 Å². The van der Waals surface area contributed by atoms with Gasteiger partial charge in [-0.15, -0.1) is 0 Å². The Balaban J connectivity index is 1.72. The van der Waals surface area contributed by atoms with E-state index in [0.717, 1.165) is 28.9 Å². The lowest BCUT2D eigenvalue weighted by atomic mass is 9.96. The molecule has 1 aromatic rings. The standard InChI is InChI=1S/C18H21F3N2O3/c1-10-2-4-11(5-3-10)15(12-6-7-12)22-17(26)23-8-13(16(24)25)14(9-23)18(19,20)21/h2-5,12-15H,6-9H2,1H3,(H,22,26)(H,24,25)/t13-,14-,15?/m1/s1. The summed E-state index contributed by atoms with van der Waals surface area (Å²) in [6.07, 6.45) is -2.76. The summed E-state index contributed by atoms with van der Waals surface area (Å²) in [5, 5.41) is 11.9. The van der Waals surface area contributed by atoms with Crippen LogP contribution >= 0.6 is 0 Å². The van der Waals surface area contributed by atoms with E-state index in [1.807, 2.05) is 31.2 Å². The fourth-order valence-electron chi connectivity index (χ4n) is 3.45. The fourth-order valence-corrected chi connectivity index (χ4v) is 3.45. The number of benzene rings is 1. The molecule has 1 aromatic carbocycles. The maximum Gasteiger partial charge on any atom is 0.394 e. The summed E-state index contributed by atoms with van der Waals surface area (Å²) in [6, 6.07) is 6.75. The number of carboxylic acid groups (broad SMARTS) is 1. The molecule has 26 heavy (non-hydrogen) atoms. The first-order chi connectivity index (χ1) is 12.2. The molecular weight excluding hydrogens is 349 g/mol. The predicted molar refractivity (Wildman–Crippen MR) is 87.4 cm³/mol. The molecule has 0 spiro atoms. The summed E-state index contributed by atoms with van der Waals surface area (Å²) in [7, 11) is 0. The Kier molecular flexibility index (Phi) is 4.86. The second-order valence-corrected chi connectivity index (χ2v) is 7.17. The molecule has 2 N–H and O–H groups in total. The van der Waals surface area contributed by atoms with Gasteiger partial charge in [0, 0.05) is 13.1 Å². The number of carboxylic acids is 1. The van der Waals surface area contributed by atoms with Crippen LogP contribution in [-0.2, 0) is 4.79 Å². The van der Waals surface area contributed by atoms with E-state index in [1.165, 1.54) is 0 Å². The number of aliphatic carboxylic acids is 1. The summed E-state index contributed by atoms with van der Waals surface area (Å²) in [5.41, 5.74) is 1.99. The number of hydrogen-bond acceptors (Lipinski definition) is 2. The Hall–Kier alpha value is -2.25. The second-order valence-electron chi connectivity index (χ2n) is 7.17. The smallest absolute Gasteiger partial charge is 0.394 e. The highest BCUT2D eigenvalue weighted by Crippen LogP contribution is 2.42. The van der Waals surface area contributed by atoms with Gasteiger partial charge in [0.25, 0.3) is 0 Å². The van der Waals surface area contributed by atoms with Crippen LogP contribution in [0.5, 0.6) is 0 Å². The minimum Gasteiger partial charge on any atom is -0.481 e. The maximum atomic E-state index is 13.1. The molecule has 1 heterocycles. The Bertz CT molecular complexity index is 686. The number of carbonyl (C=O) groups is 2. The molecule has 2 fully saturated rings. The number of amides is 2. The molecule has 0 radical (unpaired) electrons. The van der Waals surface area contributed by atoms with E-state index in [-0.39, 0.29) is 12.0 Å². The van der Waals surface area contributed by atoms with Gasteiger partial charge in [-0.1, -0.05) is 29.8 Å². The largest absolute Gasteiger partial charge is 0.481 e. The van der Waals surface area contributed by atoms with E-state index in [9.17, 15) is 22.8 Å². The lowest BCUT2D eigenvalue weighted by Gasteiger charge is -2.24. The molecule has 1 unspecified atom stereocenters. The van der Waals surface area contributed by atoms with Crippen LogP contribution in [0.1, 0.15) is 30.0 Å². The van der Waals surface area contributed by atoms with Crippen LogP contribution in [0.3, 0.4) is 0 Å². The van der Waals surface area contributed by atoms with Crippen LogP contribution in [0.4, 0.5) is 18.0 Å². The van der Waals surface area contributed by atoms with Gasteiger partial charge < -0.3 is 15.3 Å². The number of halogens is 3. The van der Waals surface area contributed by atoms with Crippen molar-refractivity contribution in [1.82, 2.24) is 10.2 Å². The van der Waals surface area contributed by atoms with Crippen LogP contribution < -0.4 is 5.32 Å². The van der Waals surface area contributed by atoms with Crippen molar-refractivity contribution in [2.75, 3.05) is 13.1 Å². The predicted octanol–water partition coefficient (Wildman–Crippen LogP) is 3.35. The van der Waals surface area contributed by atoms with Gasteiger partial charge in [-0.25, -0.2) is 4.79 Å². The minimum atomic E-state index is -4.65. The van der Waals surface area contributed by atoms with E-state index in [0.29, 0.717) is 0 Å². The lowest BCUT2D eigenvalue weighted by molar-refractivity contribution is -0.187. The monoisotopic (exact) mass is 370 g/mol. The Morgan fingerprint density at radius 3 is 2.27 bits per heavy atom. The maximum absolute atomic E-state index is 13.1. The van der Waals surface area contributed by atoms with Crippen molar-refractivity contribution in [1.29, 1.82) is 0 Å². The number of likely N-dealkylation sites (tertiary alicyclic amines) is 1. The van der Waals surface area contributed by atoms with Crippen molar-refractivity contribution < 1.29 is 27.9 Å². The van der Waals surface area contributed by atoms with Gasteiger partial charge >= 0.3 is 18.2 Å². The number of hydrogen-bond donors (Lipinski definition) is 2. The molecule has 2 aliphatic rings. The van der Waals surface area contributed by atoms with Gasteiger partial charge in [0.2, 0.25) is 0 Å². The zero-order valence-electron chi connectivity index (χ0n) is 14.3. The van der Waals surface area contributed by atoms with Gasteiger partial charge in [0.15, 0.2) is 0 Å². The molecule has 3 atom stereocenters. The number of aryl methyl sites for hydroxylation is 1. The van der Waals surface area contributed by atoms with E-state index in [4.69, 9.17) is 5.11 Å². The number of alkyl halides is 3. The summed E-state index contributed by atoms with van der Waals surface area (Å²) in [5.74, 6) is -4.93. The van der Waals surface area contributed by atoms with Gasteiger partial charge in [-0.2, -0.15) is 13.2 Å². The van der Waals surface area contributed by atoms with Crippen LogP contribution in [0.15, 0.2) is 24.3 Å². The summed E-state index contributed by atoms with van der Waals surface area (Å²) in [6.45, 7) is 0.885. The molecule has 5 nitrogen and oxygen atoms in total. The highest BCUT2D eigenvalue weighted by Gasteiger charge is 2.53. The fraction of sp³-hybridized carbons (Fsp3) is 0.556. The minimum absolute atomic E-state index is 0.262. The number of urea groups is 1. The SMILES string of the molecule is Cc1ccc(C(NC(=O)N2C[C@@H](C(F)(F)F)[C@H](C(=O)O)C2)C2CC2)cc1. The lowest BCUT2D eigenvalue weighted by Crippen LogP contribution is -2.41. The molecule has 1 aliphatic heterocycles. The molecular formula is C18H21F3N2O3. The van der Waals surface area contributed by atoms with Crippen molar-refractivity contribution in [3.63, 3.8) is 0 Å². The summed E-state index contributed by atoms with van der Waals surface area (Å²) < 4.78 is 39.3. The van der Waals surface area contributed by atoms with Gasteiger partial charge in [0.05, 0.1) is 17.9 Å². The molecule has 2 amide bonds. The van der Waals surface area contributed by atoms with Crippen LogP contribution in [0.2, 0.25) is 0 Å². The first-order valence-electron chi connectivity index (χ1n) is 8.58. The average Bonchev–Trinajstić information content (AvgIpc) is 3.28. The topological polar surface area (TPSA) is 69.6 Å². The van der Waals surface area contributed by atoms with E-state index in [2.05, 4.69) is 5.32 Å². The van der Waals surface area contributed by atoms with Gasteiger partial charge in [-0.05, 0) is 31.2 Å². The third-order valence-electron chi connectivity index (χ3n) is 5.15. The number of nitrogens with one attached hydrogen (secondary N) is 1. The first-order valence-corrected chi connectivity index (χ1v) is 8.58. The number of rotatable bonds is 4.